The number of aliphatic hydroxyl groups excluding tert-OH is 1. The predicted octanol–water partition coefficient (Wildman–Crippen LogP) is 3.28. The molecule has 0 spiro atoms. The number of hydrogen-bond acceptors (Lipinski definition) is 3. The fourth-order valence-electron chi connectivity index (χ4n) is 3.10. The van der Waals surface area contributed by atoms with Gasteiger partial charge in [0.15, 0.2) is 0 Å². The lowest BCUT2D eigenvalue weighted by atomic mass is 9.77. The molecule has 1 saturated carbocycles. The van der Waals surface area contributed by atoms with E-state index in [1.807, 2.05) is 6.92 Å². The van der Waals surface area contributed by atoms with Gasteiger partial charge in [-0.05, 0) is 30.9 Å². The summed E-state index contributed by atoms with van der Waals surface area (Å²) in [5, 5.41) is 10.1. The molecule has 1 aliphatic rings. The van der Waals surface area contributed by atoms with E-state index in [1.165, 1.54) is 17.8 Å². The average molecular weight is 313 g/mol. The molecule has 1 fully saturated rings. The van der Waals surface area contributed by atoms with E-state index in [4.69, 9.17) is 5.73 Å². The van der Waals surface area contributed by atoms with E-state index in [2.05, 4.69) is 6.58 Å². The van der Waals surface area contributed by atoms with Crippen molar-refractivity contribution in [1.29, 1.82) is 0 Å². The van der Waals surface area contributed by atoms with E-state index in [9.17, 15) is 13.9 Å². The zero-order valence-corrected chi connectivity index (χ0v) is 13.1. The molecule has 2 rings (SSSR count). The van der Waals surface area contributed by atoms with Crippen LogP contribution < -0.4 is 5.73 Å². The maximum atomic E-state index is 14.2. The van der Waals surface area contributed by atoms with Crippen molar-refractivity contribution in [3.63, 3.8) is 0 Å². The standard InChI is InChI=1S/C16H21F2NOS/c1-10-4-5-13(18)12(6-10)15(3,8-17)14-7-16(14,9-20)21-11(2)19/h4-6,14,20H,2,7-9,19H2,1,3H3/t14?,15-,16+/m0/s1. The molecule has 1 aromatic carbocycles. The van der Waals surface area contributed by atoms with Crippen LogP contribution >= 0.6 is 11.8 Å². The van der Waals surface area contributed by atoms with Gasteiger partial charge >= 0.3 is 0 Å². The summed E-state index contributed by atoms with van der Waals surface area (Å²) in [6, 6.07) is 4.73. The highest BCUT2D eigenvalue weighted by atomic mass is 32.2. The molecule has 0 radical (unpaired) electrons. The topological polar surface area (TPSA) is 46.2 Å². The van der Waals surface area contributed by atoms with Gasteiger partial charge < -0.3 is 10.8 Å². The first kappa shape index (κ1) is 16.3. The summed E-state index contributed by atoms with van der Waals surface area (Å²) < 4.78 is 27.5. The number of aryl methyl sites for hydroxylation is 1. The third kappa shape index (κ3) is 2.81. The number of nitrogens with two attached hydrogens (primary N) is 1. The van der Waals surface area contributed by atoms with Crippen molar-refractivity contribution < 1.29 is 13.9 Å². The van der Waals surface area contributed by atoms with Crippen LogP contribution in [0.5, 0.6) is 0 Å². The molecule has 1 aromatic rings. The van der Waals surface area contributed by atoms with Gasteiger partial charge in [0.05, 0.1) is 18.3 Å². The molecule has 0 aliphatic heterocycles. The van der Waals surface area contributed by atoms with Crippen LogP contribution in [0, 0.1) is 18.7 Å². The lowest BCUT2D eigenvalue weighted by Crippen LogP contribution is -2.34. The van der Waals surface area contributed by atoms with Crippen molar-refractivity contribution in [1.82, 2.24) is 0 Å². The first-order chi connectivity index (χ1) is 9.79. The third-order valence-electron chi connectivity index (χ3n) is 4.41. The Hall–Kier alpha value is -1.07. The van der Waals surface area contributed by atoms with Crippen LogP contribution in [0.25, 0.3) is 0 Å². The lowest BCUT2D eigenvalue weighted by molar-refractivity contribution is 0.240. The summed E-state index contributed by atoms with van der Waals surface area (Å²) in [7, 11) is 0. The smallest absolute Gasteiger partial charge is 0.127 e. The number of halogens is 2. The Morgan fingerprint density at radius 3 is 2.81 bits per heavy atom. The van der Waals surface area contributed by atoms with Gasteiger partial charge in [-0.15, -0.1) is 11.8 Å². The highest BCUT2D eigenvalue weighted by molar-refractivity contribution is 8.04. The summed E-state index contributed by atoms with van der Waals surface area (Å²) in [6.45, 7) is 6.40. The average Bonchev–Trinajstić information content (AvgIpc) is 3.15. The molecule has 0 saturated heterocycles. The van der Waals surface area contributed by atoms with Gasteiger partial charge in [-0.1, -0.05) is 31.2 Å². The number of aliphatic hydroxyl groups is 1. The SMILES string of the molecule is C=C(N)S[C@@]1(CO)CC1[C@@](C)(CF)c1cc(C)ccc1F. The summed E-state index contributed by atoms with van der Waals surface area (Å²) in [5.41, 5.74) is 5.91. The Morgan fingerprint density at radius 2 is 2.29 bits per heavy atom. The fourth-order valence-corrected chi connectivity index (χ4v) is 4.34. The second-order valence-corrected chi connectivity index (χ2v) is 7.62. The second-order valence-electron chi connectivity index (χ2n) is 6.08. The van der Waals surface area contributed by atoms with Gasteiger partial charge in [0.1, 0.15) is 5.82 Å². The predicted molar refractivity (Wildman–Crippen MR) is 83.3 cm³/mol. The van der Waals surface area contributed by atoms with Crippen LogP contribution in [0.1, 0.15) is 24.5 Å². The van der Waals surface area contributed by atoms with Crippen LogP contribution in [0.2, 0.25) is 0 Å². The molecule has 0 heterocycles. The minimum atomic E-state index is -0.971. The molecule has 21 heavy (non-hydrogen) atoms. The molecule has 2 nitrogen and oxygen atoms in total. The monoisotopic (exact) mass is 313 g/mol. The van der Waals surface area contributed by atoms with Gasteiger partial charge in [0.25, 0.3) is 0 Å². The highest BCUT2D eigenvalue weighted by Crippen LogP contribution is 2.63. The first-order valence-corrected chi connectivity index (χ1v) is 7.67. The van der Waals surface area contributed by atoms with Crippen LogP contribution in [0.4, 0.5) is 8.78 Å². The summed E-state index contributed by atoms with van der Waals surface area (Å²) in [6.07, 6.45) is 0.595. The van der Waals surface area contributed by atoms with Crippen molar-refractivity contribution in [2.45, 2.75) is 30.4 Å². The van der Waals surface area contributed by atoms with Crippen LogP contribution in [0.3, 0.4) is 0 Å². The lowest BCUT2D eigenvalue weighted by Gasteiger charge is -2.30. The molecule has 5 heteroatoms. The van der Waals surface area contributed by atoms with Gasteiger partial charge in [0.2, 0.25) is 0 Å². The quantitative estimate of drug-likeness (QED) is 0.847. The highest BCUT2D eigenvalue weighted by Gasteiger charge is 2.63. The Balaban J connectivity index is 2.39. The maximum Gasteiger partial charge on any atom is 0.127 e. The molecular formula is C16H21F2NOS. The van der Waals surface area contributed by atoms with Gasteiger partial charge in [-0.2, -0.15) is 0 Å². The number of rotatable bonds is 6. The number of alkyl halides is 1. The zero-order valence-electron chi connectivity index (χ0n) is 12.3. The molecule has 116 valence electrons. The minimum Gasteiger partial charge on any atom is -0.395 e. The third-order valence-corrected chi connectivity index (χ3v) is 5.66. The Kier molecular flexibility index (Phi) is 4.36. The summed E-state index contributed by atoms with van der Waals surface area (Å²) >= 11 is 1.27. The summed E-state index contributed by atoms with van der Waals surface area (Å²) in [4.78, 5) is 0. The second kappa shape index (κ2) is 5.61. The Labute approximate surface area is 128 Å². The van der Waals surface area contributed by atoms with Crippen molar-refractivity contribution in [3.8, 4) is 0 Å². The Morgan fingerprint density at radius 1 is 1.62 bits per heavy atom. The van der Waals surface area contributed by atoms with Crippen LogP contribution in [0.15, 0.2) is 29.8 Å². The van der Waals surface area contributed by atoms with Crippen LogP contribution in [-0.4, -0.2) is 23.1 Å². The van der Waals surface area contributed by atoms with Crippen molar-refractivity contribution in [3.05, 3.63) is 46.8 Å². The fraction of sp³-hybridized carbons (Fsp3) is 0.500. The van der Waals surface area contributed by atoms with E-state index < -0.39 is 22.7 Å². The number of hydrogen-bond donors (Lipinski definition) is 2. The van der Waals surface area contributed by atoms with E-state index in [-0.39, 0.29) is 12.5 Å². The molecular weight excluding hydrogens is 292 g/mol. The number of benzene rings is 1. The van der Waals surface area contributed by atoms with E-state index in [1.54, 1.807) is 19.1 Å². The van der Waals surface area contributed by atoms with Crippen molar-refractivity contribution >= 4 is 11.8 Å². The maximum absolute atomic E-state index is 14.2. The molecule has 1 aliphatic carbocycles. The largest absolute Gasteiger partial charge is 0.395 e. The molecule has 1 unspecified atom stereocenters. The van der Waals surface area contributed by atoms with Gasteiger partial charge in [-0.3, -0.25) is 4.39 Å². The van der Waals surface area contributed by atoms with E-state index in [0.29, 0.717) is 17.0 Å². The molecule has 0 amide bonds. The summed E-state index contributed by atoms with van der Waals surface area (Å²) in [5.74, 6) is -0.585. The minimum absolute atomic E-state index is 0.123. The van der Waals surface area contributed by atoms with Crippen molar-refractivity contribution in [2.75, 3.05) is 13.3 Å². The molecule has 0 aromatic heterocycles. The molecule has 3 atom stereocenters. The molecule has 0 bridgehead atoms. The normalized spacial score (nSPS) is 27.2. The zero-order chi connectivity index (χ0) is 15.8. The van der Waals surface area contributed by atoms with Crippen LogP contribution in [-0.2, 0) is 5.41 Å². The van der Waals surface area contributed by atoms with Gasteiger partial charge in [0, 0.05) is 10.2 Å². The van der Waals surface area contributed by atoms with Gasteiger partial charge in [-0.25, -0.2) is 4.39 Å². The van der Waals surface area contributed by atoms with E-state index in [0.717, 1.165) is 5.56 Å². The van der Waals surface area contributed by atoms with Crippen molar-refractivity contribution in [2.24, 2.45) is 11.7 Å². The first-order valence-electron chi connectivity index (χ1n) is 6.86. The Bertz CT molecular complexity index is 565. The van der Waals surface area contributed by atoms with E-state index >= 15 is 0 Å². The molecule has 3 N–H and O–H groups in total. The number of thioether (sulfide) groups is 1.